The SMILES string of the molecule is C=CC(=O)OC(CCC)(OC(=O)C(=C)C)C(C)O. The van der Waals surface area contributed by atoms with Gasteiger partial charge in [-0.3, -0.25) is 0 Å². The molecule has 0 rings (SSSR count). The number of hydrogen-bond donors (Lipinski definition) is 1. The highest BCUT2D eigenvalue weighted by Crippen LogP contribution is 2.26. The van der Waals surface area contributed by atoms with Crippen molar-refractivity contribution in [2.75, 3.05) is 0 Å². The molecule has 0 amide bonds. The normalized spacial score (nSPS) is 15.1. The zero-order valence-corrected chi connectivity index (χ0v) is 11.1. The van der Waals surface area contributed by atoms with E-state index in [1.54, 1.807) is 0 Å². The van der Waals surface area contributed by atoms with Crippen LogP contribution in [-0.2, 0) is 19.1 Å². The average molecular weight is 256 g/mol. The molecule has 0 aliphatic carbocycles. The maximum atomic E-state index is 11.6. The van der Waals surface area contributed by atoms with Crippen LogP contribution in [-0.4, -0.2) is 28.9 Å². The second-order valence-corrected chi connectivity index (χ2v) is 4.03. The van der Waals surface area contributed by atoms with Crippen molar-refractivity contribution in [2.24, 2.45) is 0 Å². The van der Waals surface area contributed by atoms with Crippen LogP contribution in [0, 0.1) is 0 Å². The Labute approximate surface area is 107 Å². The predicted molar refractivity (Wildman–Crippen MR) is 66.5 cm³/mol. The number of ether oxygens (including phenoxy) is 2. The molecule has 0 spiro atoms. The smallest absolute Gasteiger partial charge is 0.336 e. The van der Waals surface area contributed by atoms with Gasteiger partial charge in [-0.2, -0.15) is 0 Å². The van der Waals surface area contributed by atoms with Crippen molar-refractivity contribution in [3.05, 3.63) is 24.8 Å². The highest BCUT2D eigenvalue weighted by atomic mass is 16.7. The number of esters is 2. The van der Waals surface area contributed by atoms with E-state index in [2.05, 4.69) is 13.2 Å². The second-order valence-electron chi connectivity index (χ2n) is 4.03. The molecule has 1 N–H and O–H groups in total. The molecule has 5 nitrogen and oxygen atoms in total. The maximum absolute atomic E-state index is 11.6. The topological polar surface area (TPSA) is 72.8 Å². The molecule has 5 heteroatoms. The van der Waals surface area contributed by atoms with Crippen molar-refractivity contribution in [2.45, 2.75) is 45.5 Å². The molecule has 0 saturated carbocycles. The van der Waals surface area contributed by atoms with E-state index in [1.165, 1.54) is 13.8 Å². The van der Waals surface area contributed by atoms with Crippen LogP contribution in [0.2, 0.25) is 0 Å². The summed E-state index contributed by atoms with van der Waals surface area (Å²) in [4.78, 5) is 22.9. The summed E-state index contributed by atoms with van der Waals surface area (Å²) >= 11 is 0. The Morgan fingerprint density at radius 1 is 1.44 bits per heavy atom. The minimum atomic E-state index is -1.70. The molecule has 0 bridgehead atoms. The third-order valence-corrected chi connectivity index (χ3v) is 2.29. The van der Waals surface area contributed by atoms with Crippen LogP contribution in [0.5, 0.6) is 0 Å². The van der Waals surface area contributed by atoms with Gasteiger partial charge in [0, 0.05) is 18.1 Å². The maximum Gasteiger partial charge on any atom is 0.336 e. The van der Waals surface area contributed by atoms with E-state index in [4.69, 9.17) is 9.47 Å². The summed E-state index contributed by atoms with van der Waals surface area (Å²) in [5, 5.41) is 9.75. The minimum Gasteiger partial charge on any atom is -0.416 e. The van der Waals surface area contributed by atoms with Crippen molar-refractivity contribution in [3.63, 3.8) is 0 Å². The van der Waals surface area contributed by atoms with Crippen LogP contribution in [0.15, 0.2) is 24.8 Å². The lowest BCUT2D eigenvalue weighted by Gasteiger charge is -2.34. The number of hydrogen-bond acceptors (Lipinski definition) is 5. The zero-order chi connectivity index (χ0) is 14.3. The first kappa shape index (κ1) is 16.4. The largest absolute Gasteiger partial charge is 0.416 e. The van der Waals surface area contributed by atoms with Gasteiger partial charge in [-0.25, -0.2) is 9.59 Å². The lowest BCUT2D eigenvalue weighted by Crippen LogP contribution is -2.48. The van der Waals surface area contributed by atoms with Gasteiger partial charge in [0.2, 0.25) is 0 Å². The molecular formula is C13H20O5. The molecule has 2 unspecified atom stereocenters. The number of aliphatic hydroxyl groups excluding tert-OH is 1. The molecule has 0 saturated heterocycles. The number of rotatable bonds is 7. The predicted octanol–water partition coefficient (Wildman–Crippen LogP) is 1.71. The van der Waals surface area contributed by atoms with Crippen LogP contribution in [0.25, 0.3) is 0 Å². The first-order valence-corrected chi connectivity index (χ1v) is 5.71. The second kappa shape index (κ2) is 6.96. The average Bonchev–Trinajstić information content (AvgIpc) is 2.28. The van der Waals surface area contributed by atoms with E-state index in [9.17, 15) is 14.7 Å². The standard InChI is InChI=1S/C13H20O5/c1-6-8-13(10(5)14,17-11(15)7-2)18-12(16)9(3)4/h7,10,14H,2-3,6,8H2,1,4-5H3. The van der Waals surface area contributed by atoms with E-state index in [0.717, 1.165) is 6.08 Å². The van der Waals surface area contributed by atoms with Gasteiger partial charge in [-0.1, -0.05) is 20.1 Å². The Morgan fingerprint density at radius 3 is 2.33 bits per heavy atom. The van der Waals surface area contributed by atoms with E-state index in [1.807, 2.05) is 6.92 Å². The highest BCUT2D eigenvalue weighted by molar-refractivity contribution is 5.87. The van der Waals surface area contributed by atoms with Crippen LogP contribution in [0.4, 0.5) is 0 Å². The summed E-state index contributed by atoms with van der Waals surface area (Å²) in [6.45, 7) is 11.4. The monoisotopic (exact) mass is 256 g/mol. The van der Waals surface area contributed by atoms with Gasteiger partial charge >= 0.3 is 11.9 Å². The fraction of sp³-hybridized carbons (Fsp3) is 0.538. The lowest BCUT2D eigenvalue weighted by atomic mass is 10.1. The summed E-state index contributed by atoms with van der Waals surface area (Å²) < 4.78 is 10.1. The van der Waals surface area contributed by atoms with E-state index >= 15 is 0 Å². The molecule has 0 aromatic heterocycles. The molecule has 0 aromatic rings. The van der Waals surface area contributed by atoms with Crippen LogP contribution in [0.3, 0.4) is 0 Å². The molecule has 0 aromatic carbocycles. The van der Waals surface area contributed by atoms with Crippen LogP contribution in [0.1, 0.15) is 33.6 Å². The molecule has 0 heterocycles. The summed E-state index contributed by atoms with van der Waals surface area (Å²) in [7, 11) is 0. The fourth-order valence-electron chi connectivity index (χ4n) is 1.31. The molecular weight excluding hydrogens is 236 g/mol. The highest BCUT2D eigenvalue weighted by Gasteiger charge is 2.42. The zero-order valence-electron chi connectivity index (χ0n) is 11.1. The van der Waals surface area contributed by atoms with Gasteiger partial charge in [-0.15, -0.1) is 0 Å². The van der Waals surface area contributed by atoms with Gasteiger partial charge < -0.3 is 14.6 Å². The van der Waals surface area contributed by atoms with E-state index < -0.39 is 23.8 Å². The Bertz CT molecular complexity index is 345. The molecule has 102 valence electrons. The van der Waals surface area contributed by atoms with Crippen LogP contribution >= 0.6 is 0 Å². The fourth-order valence-corrected chi connectivity index (χ4v) is 1.31. The summed E-state index contributed by atoms with van der Waals surface area (Å²) in [5.41, 5.74) is 0.158. The third-order valence-electron chi connectivity index (χ3n) is 2.29. The molecule has 0 fully saturated rings. The minimum absolute atomic E-state index is 0.158. The van der Waals surface area contributed by atoms with Gasteiger partial charge in [0.05, 0.1) is 0 Å². The van der Waals surface area contributed by atoms with Crippen molar-refractivity contribution < 1.29 is 24.2 Å². The third kappa shape index (κ3) is 4.33. The van der Waals surface area contributed by atoms with Gasteiger partial charge in [0.25, 0.3) is 5.79 Å². The number of aliphatic hydroxyl groups is 1. The van der Waals surface area contributed by atoms with Gasteiger partial charge in [-0.05, 0) is 20.3 Å². The molecule has 0 radical (unpaired) electrons. The van der Waals surface area contributed by atoms with E-state index in [0.29, 0.717) is 6.42 Å². The Balaban J connectivity index is 5.20. The van der Waals surface area contributed by atoms with E-state index in [-0.39, 0.29) is 12.0 Å². The summed E-state index contributed by atoms with van der Waals surface area (Å²) in [5.74, 6) is -3.18. The number of carbonyl (C=O) groups excluding carboxylic acids is 2. The first-order valence-electron chi connectivity index (χ1n) is 5.71. The number of carbonyl (C=O) groups is 2. The van der Waals surface area contributed by atoms with Crippen molar-refractivity contribution >= 4 is 11.9 Å². The Hall–Kier alpha value is -1.62. The van der Waals surface area contributed by atoms with Gasteiger partial charge in [0.1, 0.15) is 6.10 Å². The van der Waals surface area contributed by atoms with Gasteiger partial charge in [0.15, 0.2) is 0 Å². The quantitative estimate of drug-likeness (QED) is 0.426. The molecule has 2 atom stereocenters. The lowest BCUT2D eigenvalue weighted by molar-refractivity contribution is -0.256. The first-order chi connectivity index (χ1) is 8.29. The molecule has 0 aliphatic heterocycles. The Morgan fingerprint density at radius 2 is 2.00 bits per heavy atom. The Kier molecular flexibility index (Phi) is 6.33. The van der Waals surface area contributed by atoms with Crippen molar-refractivity contribution in [1.29, 1.82) is 0 Å². The molecule has 18 heavy (non-hydrogen) atoms. The van der Waals surface area contributed by atoms with Crippen molar-refractivity contribution in [1.82, 2.24) is 0 Å². The van der Waals surface area contributed by atoms with Crippen LogP contribution < -0.4 is 0 Å². The summed E-state index contributed by atoms with van der Waals surface area (Å²) in [6.07, 6.45) is 0.522. The van der Waals surface area contributed by atoms with Crippen molar-refractivity contribution in [3.8, 4) is 0 Å². The summed E-state index contributed by atoms with van der Waals surface area (Å²) in [6, 6.07) is 0. The molecule has 0 aliphatic rings.